The van der Waals surface area contributed by atoms with Crippen molar-refractivity contribution in [1.82, 2.24) is 4.98 Å². The van der Waals surface area contributed by atoms with Crippen molar-refractivity contribution >= 4 is 5.71 Å². The monoisotopic (exact) mass is 234 g/mol. The molecule has 1 aliphatic rings. The lowest BCUT2D eigenvalue weighted by Gasteiger charge is -2.16. The minimum Gasteiger partial charge on any atom is -0.396 e. The highest BCUT2D eigenvalue weighted by Gasteiger charge is 2.17. The van der Waals surface area contributed by atoms with Crippen molar-refractivity contribution in [3.8, 4) is 0 Å². The normalized spacial score (nSPS) is 16.9. The molecule has 0 saturated heterocycles. The van der Waals surface area contributed by atoms with Gasteiger partial charge in [0.05, 0.1) is 5.69 Å². The van der Waals surface area contributed by atoms with E-state index in [0.29, 0.717) is 13.0 Å². The molecule has 0 radical (unpaired) electrons. The average Bonchev–Trinajstić information content (AvgIpc) is 2.35. The van der Waals surface area contributed by atoms with Gasteiger partial charge in [-0.25, -0.2) is 0 Å². The van der Waals surface area contributed by atoms with Crippen molar-refractivity contribution in [1.29, 1.82) is 0 Å². The van der Waals surface area contributed by atoms with Crippen LogP contribution in [0.4, 0.5) is 0 Å². The zero-order valence-electron chi connectivity index (χ0n) is 10.1. The molecule has 1 heterocycles. The minimum atomic E-state index is 0.138. The van der Waals surface area contributed by atoms with E-state index < -0.39 is 0 Å². The number of pyridine rings is 1. The molecular weight excluding hydrogens is 216 g/mol. The van der Waals surface area contributed by atoms with E-state index in [1.54, 1.807) is 0 Å². The van der Waals surface area contributed by atoms with Crippen molar-refractivity contribution in [3.63, 3.8) is 0 Å². The minimum absolute atomic E-state index is 0.138. The van der Waals surface area contributed by atoms with Crippen LogP contribution < -0.4 is 0 Å². The molecule has 1 aliphatic carbocycles. The molecule has 0 amide bonds. The summed E-state index contributed by atoms with van der Waals surface area (Å²) in [6.45, 7) is 2.58. The fourth-order valence-electron chi connectivity index (χ4n) is 1.94. The smallest absolute Gasteiger partial charge is 0.119 e. The number of hydrogen-bond donors (Lipinski definition) is 1. The van der Waals surface area contributed by atoms with Gasteiger partial charge in [0.15, 0.2) is 0 Å². The van der Waals surface area contributed by atoms with Gasteiger partial charge in [0.25, 0.3) is 0 Å². The first-order valence-electron chi connectivity index (χ1n) is 6.08. The van der Waals surface area contributed by atoms with E-state index in [1.165, 1.54) is 5.56 Å². The third-order valence-corrected chi connectivity index (χ3v) is 2.82. The maximum Gasteiger partial charge on any atom is 0.119 e. The maximum atomic E-state index is 8.66. The summed E-state index contributed by atoms with van der Waals surface area (Å²) in [6.07, 6.45) is 3.70. The van der Waals surface area contributed by atoms with Crippen LogP contribution in [0.1, 0.15) is 36.2 Å². The predicted molar refractivity (Wildman–Crippen MR) is 66.1 cm³/mol. The Morgan fingerprint density at radius 3 is 3.12 bits per heavy atom. The Morgan fingerprint density at radius 2 is 2.29 bits per heavy atom. The van der Waals surface area contributed by atoms with Gasteiger partial charge in [-0.3, -0.25) is 4.98 Å². The summed E-state index contributed by atoms with van der Waals surface area (Å²) in [5.74, 6) is 0. The van der Waals surface area contributed by atoms with Crippen molar-refractivity contribution in [3.05, 3.63) is 29.1 Å². The number of oxime groups is 1. The number of nitrogens with zero attached hydrogens (tertiary/aromatic N) is 2. The molecule has 0 atom stereocenters. The average molecular weight is 234 g/mol. The Kier molecular flexibility index (Phi) is 4.09. The van der Waals surface area contributed by atoms with Crippen molar-refractivity contribution < 1.29 is 9.94 Å². The molecule has 17 heavy (non-hydrogen) atoms. The lowest BCUT2D eigenvalue weighted by atomic mass is 9.94. The van der Waals surface area contributed by atoms with Crippen LogP contribution in [0.15, 0.2) is 17.3 Å². The summed E-state index contributed by atoms with van der Waals surface area (Å²) in [5, 5.41) is 12.8. The molecule has 1 aromatic heterocycles. The van der Waals surface area contributed by atoms with E-state index in [4.69, 9.17) is 9.94 Å². The SMILES string of the molecule is Cc1ccc2c(n1)/C(=N/OCCCO)CCC2. The zero-order chi connectivity index (χ0) is 12.1. The van der Waals surface area contributed by atoms with Crippen molar-refractivity contribution in [2.24, 2.45) is 5.16 Å². The van der Waals surface area contributed by atoms with Gasteiger partial charge < -0.3 is 9.94 Å². The van der Waals surface area contributed by atoms with Crippen molar-refractivity contribution in [2.75, 3.05) is 13.2 Å². The van der Waals surface area contributed by atoms with Crippen LogP contribution in [-0.4, -0.2) is 29.0 Å². The van der Waals surface area contributed by atoms with Gasteiger partial charge >= 0.3 is 0 Å². The van der Waals surface area contributed by atoms with E-state index in [2.05, 4.69) is 16.2 Å². The van der Waals surface area contributed by atoms with Crippen LogP contribution >= 0.6 is 0 Å². The number of aliphatic hydroxyl groups is 1. The van der Waals surface area contributed by atoms with Gasteiger partial charge in [0.2, 0.25) is 0 Å². The topological polar surface area (TPSA) is 54.7 Å². The van der Waals surface area contributed by atoms with Crippen LogP contribution in [0.3, 0.4) is 0 Å². The van der Waals surface area contributed by atoms with Crippen LogP contribution in [0.5, 0.6) is 0 Å². The fourth-order valence-corrected chi connectivity index (χ4v) is 1.94. The molecular formula is C13H18N2O2. The van der Waals surface area contributed by atoms with Gasteiger partial charge in [-0.05, 0) is 37.8 Å². The third-order valence-electron chi connectivity index (χ3n) is 2.82. The van der Waals surface area contributed by atoms with Crippen LogP contribution in [0, 0.1) is 6.92 Å². The number of aryl methyl sites for hydroxylation is 2. The lowest BCUT2D eigenvalue weighted by molar-refractivity contribution is 0.123. The second-order valence-electron chi connectivity index (χ2n) is 4.26. The second-order valence-corrected chi connectivity index (χ2v) is 4.26. The Balaban J connectivity index is 2.13. The zero-order valence-corrected chi connectivity index (χ0v) is 10.1. The molecule has 0 unspecified atom stereocenters. The van der Waals surface area contributed by atoms with E-state index >= 15 is 0 Å². The Morgan fingerprint density at radius 1 is 1.41 bits per heavy atom. The molecule has 0 aliphatic heterocycles. The van der Waals surface area contributed by atoms with Crippen LogP contribution in [0.25, 0.3) is 0 Å². The molecule has 2 rings (SSSR count). The number of fused-ring (bicyclic) bond motifs is 1. The first-order chi connectivity index (χ1) is 8.31. The molecule has 1 aromatic rings. The van der Waals surface area contributed by atoms with Gasteiger partial charge in [-0.2, -0.15) is 0 Å². The molecule has 0 saturated carbocycles. The molecule has 4 nitrogen and oxygen atoms in total. The van der Waals surface area contributed by atoms with Gasteiger partial charge in [0, 0.05) is 18.7 Å². The van der Waals surface area contributed by atoms with Gasteiger partial charge in [-0.15, -0.1) is 0 Å². The largest absolute Gasteiger partial charge is 0.396 e. The second kappa shape index (κ2) is 5.77. The summed E-state index contributed by atoms with van der Waals surface area (Å²) in [4.78, 5) is 9.73. The summed E-state index contributed by atoms with van der Waals surface area (Å²) < 4.78 is 0. The summed E-state index contributed by atoms with van der Waals surface area (Å²) in [7, 11) is 0. The molecule has 0 bridgehead atoms. The summed E-state index contributed by atoms with van der Waals surface area (Å²) >= 11 is 0. The molecule has 0 aromatic carbocycles. The Hall–Kier alpha value is -1.42. The molecule has 0 fully saturated rings. The summed E-state index contributed by atoms with van der Waals surface area (Å²) in [6, 6.07) is 4.16. The fraction of sp³-hybridized carbons (Fsp3) is 0.538. The van der Waals surface area contributed by atoms with Crippen molar-refractivity contribution in [2.45, 2.75) is 32.6 Å². The molecule has 92 valence electrons. The maximum absolute atomic E-state index is 8.66. The van der Waals surface area contributed by atoms with Crippen LogP contribution in [0.2, 0.25) is 0 Å². The van der Waals surface area contributed by atoms with E-state index in [-0.39, 0.29) is 6.61 Å². The van der Waals surface area contributed by atoms with E-state index in [0.717, 1.165) is 36.4 Å². The number of aromatic nitrogens is 1. The van der Waals surface area contributed by atoms with E-state index in [9.17, 15) is 0 Å². The summed E-state index contributed by atoms with van der Waals surface area (Å²) in [5.41, 5.74) is 4.19. The highest BCUT2D eigenvalue weighted by atomic mass is 16.6. The highest BCUT2D eigenvalue weighted by molar-refractivity contribution is 6.00. The van der Waals surface area contributed by atoms with E-state index in [1.807, 2.05) is 13.0 Å². The number of hydrogen-bond acceptors (Lipinski definition) is 4. The predicted octanol–water partition coefficient (Wildman–Crippen LogP) is 1.83. The molecule has 0 spiro atoms. The Bertz CT molecular complexity index is 416. The standard InChI is InChI=1S/C13H18N2O2/c1-10-6-7-11-4-2-5-12(13(11)14-10)15-17-9-3-8-16/h6-7,16H,2-5,8-9H2,1H3/b15-12+. The Labute approximate surface area is 101 Å². The first kappa shape index (κ1) is 12.0. The molecule has 1 N–H and O–H groups in total. The quantitative estimate of drug-likeness (QED) is 0.638. The molecule has 4 heteroatoms. The van der Waals surface area contributed by atoms with Crippen LogP contribution in [-0.2, 0) is 11.3 Å². The highest BCUT2D eigenvalue weighted by Crippen LogP contribution is 2.20. The van der Waals surface area contributed by atoms with Gasteiger partial charge in [0.1, 0.15) is 12.3 Å². The number of rotatable bonds is 4. The first-order valence-corrected chi connectivity index (χ1v) is 6.08. The third kappa shape index (κ3) is 3.03. The van der Waals surface area contributed by atoms with Gasteiger partial charge in [-0.1, -0.05) is 11.2 Å². The number of aliphatic hydroxyl groups excluding tert-OH is 1. The lowest BCUT2D eigenvalue weighted by Crippen LogP contribution is -2.15.